The quantitative estimate of drug-likeness (QED) is 0.183. The van der Waals surface area contributed by atoms with Crippen molar-refractivity contribution in [3.63, 3.8) is 0 Å². The van der Waals surface area contributed by atoms with Crippen LogP contribution in [0.5, 0.6) is 5.75 Å². The van der Waals surface area contributed by atoms with Crippen LogP contribution in [0.4, 0.5) is 5.69 Å². The van der Waals surface area contributed by atoms with Crippen LogP contribution in [-0.4, -0.2) is 54.9 Å². The lowest BCUT2D eigenvalue weighted by Gasteiger charge is -2.11. The first kappa shape index (κ1) is 24.9. The van der Waals surface area contributed by atoms with Gasteiger partial charge in [0, 0.05) is 12.1 Å². The Morgan fingerprint density at radius 3 is 2.25 bits per heavy atom. The van der Waals surface area contributed by atoms with Crippen molar-refractivity contribution in [1.82, 2.24) is 10.6 Å². The Balaban J connectivity index is 0.00000729. The number of amides is 2. The van der Waals surface area contributed by atoms with Gasteiger partial charge in [-0.1, -0.05) is 0 Å². The standard InChI is InChI=1S/C15H18N4O8.BrH/c1-26-13(21)6-11(16)15(23)18-7-12(20)17-8-14(22)27-10-4-2-9(3-5-10)19(24)25;/h2-5,11H,6-8,16H2,1H3,(H,17,20)(H,18,23);1H. The van der Waals surface area contributed by atoms with Crippen LogP contribution < -0.4 is 21.1 Å². The van der Waals surface area contributed by atoms with Crippen molar-refractivity contribution in [2.75, 3.05) is 20.2 Å². The first-order valence-electron chi connectivity index (χ1n) is 7.55. The van der Waals surface area contributed by atoms with E-state index in [0.29, 0.717) is 0 Å². The Bertz CT molecular complexity index is 725. The largest absolute Gasteiger partial charge is 0.469 e. The number of hydrogen-bond acceptors (Lipinski definition) is 9. The fourth-order valence-electron chi connectivity index (χ4n) is 1.69. The Hall–Kier alpha value is -3.06. The maximum absolute atomic E-state index is 11.6. The molecule has 1 aromatic carbocycles. The molecule has 154 valence electrons. The van der Waals surface area contributed by atoms with Crippen molar-refractivity contribution in [3.8, 4) is 5.75 Å². The molecule has 0 saturated heterocycles. The van der Waals surface area contributed by atoms with Crippen LogP contribution in [0.3, 0.4) is 0 Å². The zero-order valence-corrected chi connectivity index (χ0v) is 16.4. The molecule has 0 spiro atoms. The molecule has 28 heavy (non-hydrogen) atoms. The van der Waals surface area contributed by atoms with Gasteiger partial charge in [0.15, 0.2) is 0 Å². The van der Waals surface area contributed by atoms with E-state index in [1.165, 1.54) is 12.1 Å². The molecule has 1 rings (SSSR count). The van der Waals surface area contributed by atoms with Crippen LogP contribution in [0.15, 0.2) is 24.3 Å². The molecule has 12 nitrogen and oxygen atoms in total. The number of nitrogens with two attached hydrogens (primary N) is 1. The summed E-state index contributed by atoms with van der Waals surface area (Å²) < 4.78 is 9.25. The molecule has 0 aromatic heterocycles. The molecule has 0 aliphatic heterocycles. The second-order valence-corrected chi connectivity index (χ2v) is 5.11. The smallest absolute Gasteiger partial charge is 0.330 e. The number of esters is 2. The number of hydrogen-bond donors (Lipinski definition) is 3. The van der Waals surface area contributed by atoms with E-state index in [1.807, 2.05) is 0 Å². The number of nitrogens with zero attached hydrogens (tertiary/aromatic N) is 1. The van der Waals surface area contributed by atoms with E-state index in [4.69, 9.17) is 10.5 Å². The SMILES string of the molecule is Br.COC(=O)CC(N)C(=O)NCC(=O)NCC(=O)Oc1ccc([N+](=O)[O-])cc1. The fraction of sp³-hybridized carbons (Fsp3) is 0.333. The lowest BCUT2D eigenvalue weighted by molar-refractivity contribution is -0.384. The first-order valence-corrected chi connectivity index (χ1v) is 7.55. The maximum atomic E-state index is 11.6. The monoisotopic (exact) mass is 462 g/mol. The van der Waals surface area contributed by atoms with Gasteiger partial charge in [0.2, 0.25) is 11.8 Å². The molecule has 13 heteroatoms. The van der Waals surface area contributed by atoms with Gasteiger partial charge in [0.1, 0.15) is 12.3 Å². The molecule has 0 aliphatic carbocycles. The summed E-state index contributed by atoms with van der Waals surface area (Å²) in [5.41, 5.74) is 5.29. The number of benzene rings is 1. The molecule has 1 unspecified atom stereocenters. The zero-order valence-electron chi connectivity index (χ0n) is 14.7. The van der Waals surface area contributed by atoms with Crippen LogP contribution in [0.2, 0.25) is 0 Å². The summed E-state index contributed by atoms with van der Waals surface area (Å²) >= 11 is 0. The summed E-state index contributed by atoms with van der Waals surface area (Å²) in [5.74, 6) is -2.83. The lowest BCUT2D eigenvalue weighted by Crippen LogP contribution is -2.46. The highest BCUT2D eigenvalue weighted by atomic mass is 79.9. The molecule has 0 saturated carbocycles. The predicted molar refractivity (Wildman–Crippen MR) is 99.7 cm³/mol. The Labute approximate surface area is 169 Å². The van der Waals surface area contributed by atoms with Crippen molar-refractivity contribution in [2.45, 2.75) is 12.5 Å². The minimum absolute atomic E-state index is 0. The molecule has 2 amide bonds. The highest BCUT2D eigenvalue weighted by Crippen LogP contribution is 2.17. The molecule has 1 atom stereocenters. The number of rotatable bonds is 9. The molecule has 0 heterocycles. The van der Waals surface area contributed by atoms with E-state index < -0.39 is 47.8 Å². The van der Waals surface area contributed by atoms with Crippen molar-refractivity contribution in [1.29, 1.82) is 0 Å². The summed E-state index contributed by atoms with van der Waals surface area (Å²) in [4.78, 5) is 55.7. The van der Waals surface area contributed by atoms with Gasteiger partial charge in [-0.15, -0.1) is 17.0 Å². The minimum Gasteiger partial charge on any atom is -0.469 e. The van der Waals surface area contributed by atoms with Crippen LogP contribution in [0.25, 0.3) is 0 Å². The number of carbonyl (C=O) groups is 4. The van der Waals surface area contributed by atoms with E-state index in [0.717, 1.165) is 19.2 Å². The van der Waals surface area contributed by atoms with E-state index in [9.17, 15) is 29.3 Å². The van der Waals surface area contributed by atoms with Crippen molar-refractivity contribution >= 4 is 46.4 Å². The highest BCUT2D eigenvalue weighted by molar-refractivity contribution is 8.93. The molecular weight excluding hydrogens is 444 g/mol. The maximum Gasteiger partial charge on any atom is 0.330 e. The third-order valence-corrected chi connectivity index (χ3v) is 3.08. The second kappa shape index (κ2) is 12.3. The van der Waals surface area contributed by atoms with Crippen molar-refractivity contribution in [2.24, 2.45) is 5.73 Å². The number of halogens is 1. The van der Waals surface area contributed by atoms with E-state index in [1.54, 1.807) is 0 Å². The average molecular weight is 463 g/mol. The third kappa shape index (κ3) is 9.05. The van der Waals surface area contributed by atoms with Gasteiger partial charge in [0.05, 0.1) is 31.0 Å². The molecule has 0 bridgehead atoms. The topological polar surface area (TPSA) is 180 Å². The Morgan fingerprint density at radius 1 is 1.11 bits per heavy atom. The number of methoxy groups -OCH3 is 1. The summed E-state index contributed by atoms with van der Waals surface area (Å²) in [6.07, 6.45) is -0.342. The Morgan fingerprint density at radius 2 is 1.71 bits per heavy atom. The van der Waals surface area contributed by atoms with Crippen molar-refractivity contribution < 1.29 is 33.6 Å². The highest BCUT2D eigenvalue weighted by Gasteiger charge is 2.18. The van der Waals surface area contributed by atoms with E-state index in [2.05, 4.69) is 15.4 Å². The van der Waals surface area contributed by atoms with Gasteiger partial charge < -0.3 is 25.8 Å². The van der Waals surface area contributed by atoms with Gasteiger partial charge in [-0.2, -0.15) is 0 Å². The average Bonchev–Trinajstić information content (AvgIpc) is 2.64. The van der Waals surface area contributed by atoms with E-state index >= 15 is 0 Å². The summed E-state index contributed by atoms with van der Waals surface area (Å²) in [7, 11) is 1.15. The lowest BCUT2D eigenvalue weighted by atomic mass is 10.2. The molecule has 0 fully saturated rings. The summed E-state index contributed by atoms with van der Waals surface area (Å²) in [6.45, 7) is -0.946. The number of ether oxygens (including phenoxy) is 2. The number of nitrogens with one attached hydrogen (secondary N) is 2. The number of non-ortho nitro benzene ring substituents is 1. The van der Waals surface area contributed by atoms with E-state index in [-0.39, 0.29) is 34.8 Å². The van der Waals surface area contributed by atoms with Gasteiger partial charge in [0.25, 0.3) is 5.69 Å². The molecule has 4 N–H and O–H groups in total. The van der Waals surface area contributed by atoms with Crippen molar-refractivity contribution in [3.05, 3.63) is 34.4 Å². The summed E-state index contributed by atoms with van der Waals surface area (Å²) in [5, 5.41) is 14.9. The minimum atomic E-state index is -1.17. The number of nitro benzene ring substituents is 1. The summed E-state index contributed by atoms with van der Waals surface area (Å²) in [6, 6.07) is 3.63. The van der Waals surface area contributed by atoms with Gasteiger partial charge in [-0.25, -0.2) is 4.79 Å². The van der Waals surface area contributed by atoms with Crippen LogP contribution in [0.1, 0.15) is 6.42 Å². The van der Waals surface area contributed by atoms with Crippen LogP contribution >= 0.6 is 17.0 Å². The molecular formula is C15H19BrN4O8. The second-order valence-electron chi connectivity index (χ2n) is 5.11. The van der Waals surface area contributed by atoms with Gasteiger partial charge >= 0.3 is 11.9 Å². The molecule has 0 aliphatic rings. The predicted octanol–water partition coefficient (Wildman–Crippen LogP) is -0.799. The molecule has 0 radical (unpaired) electrons. The van der Waals surface area contributed by atoms with Gasteiger partial charge in [-0.05, 0) is 12.1 Å². The van der Waals surface area contributed by atoms with Gasteiger partial charge in [-0.3, -0.25) is 24.5 Å². The third-order valence-electron chi connectivity index (χ3n) is 3.08. The zero-order chi connectivity index (χ0) is 20.4. The number of nitro groups is 1. The number of carbonyl (C=O) groups excluding carboxylic acids is 4. The molecule has 1 aromatic rings. The first-order chi connectivity index (χ1) is 12.7. The van der Waals surface area contributed by atoms with Crippen LogP contribution in [0, 0.1) is 10.1 Å². The fourth-order valence-corrected chi connectivity index (χ4v) is 1.69. The normalized spacial score (nSPS) is 10.6. The van der Waals surface area contributed by atoms with Crippen LogP contribution in [-0.2, 0) is 23.9 Å². The Kier molecular flexibility index (Phi) is 11.0.